The number of nitrogens with one attached hydrogen (secondary N) is 1. The molecule has 5 nitrogen and oxygen atoms in total. The van der Waals surface area contributed by atoms with Crippen LogP contribution in [0, 0.1) is 0 Å². The van der Waals surface area contributed by atoms with Crippen LogP contribution in [0.4, 0.5) is 5.69 Å². The van der Waals surface area contributed by atoms with Gasteiger partial charge in [-0.05, 0) is 31.5 Å². The van der Waals surface area contributed by atoms with Gasteiger partial charge in [0.1, 0.15) is 10.8 Å². The number of methoxy groups -OCH3 is 1. The lowest BCUT2D eigenvalue weighted by Gasteiger charge is -2.13. The summed E-state index contributed by atoms with van der Waals surface area (Å²) < 4.78 is 5.20. The fourth-order valence-electron chi connectivity index (χ4n) is 1.93. The summed E-state index contributed by atoms with van der Waals surface area (Å²) in [5.74, 6) is 0.280. The van der Waals surface area contributed by atoms with Crippen LogP contribution in [0.2, 0.25) is 0 Å². The van der Waals surface area contributed by atoms with Gasteiger partial charge in [-0.15, -0.1) is 11.3 Å². The molecule has 1 heterocycles. The third-order valence-electron chi connectivity index (χ3n) is 3.11. The second-order valence-electron chi connectivity index (χ2n) is 4.67. The van der Waals surface area contributed by atoms with Gasteiger partial charge in [0, 0.05) is 16.8 Å². The Hall–Kier alpha value is -2.08. The molecule has 1 atom stereocenters. The molecule has 0 aliphatic carbocycles. The number of aromatic nitrogens is 1. The number of amides is 1. The van der Waals surface area contributed by atoms with E-state index in [2.05, 4.69) is 17.2 Å². The standard InChI is InChI=1S/C15H19N3O2S/c1-4-11-8-17-15(21-11)9(2)18-14(19)12-7-10(16)5-6-13(12)20-3/h5-9H,4,16H2,1-3H3,(H,18,19). The summed E-state index contributed by atoms with van der Waals surface area (Å²) in [6, 6.07) is 4.84. The summed E-state index contributed by atoms with van der Waals surface area (Å²) in [6.45, 7) is 3.99. The molecule has 0 saturated carbocycles. The lowest BCUT2D eigenvalue weighted by Crippen LogP contribution is -2.27. The number of benzene rings is 1. The quantitative estimate of drug-likeness (QED) is 0.833. The van der Waals surface area contributed by atoms with Gasteiger partial charge in [-0.25, -0.2) is 4.98 Å². The summed E-state index contributed by atoms with van der Waals surface area (Å²) in [4.78, 5) is 17.9. The van der Waals surface area contributed by atoms with Crippen LogP contribution in [-0.4, -0.2) is 18.0 Å². The van der Waals surface area contributed by atoms with Crippen LogP contribution in [0.1, 0.15) is 40.1 Å². The highest BCUT2D eigenvalue weighted by Gasteiger charge is 2.17. The summed E-state index contributed by atoms with van der Waals surface area (Å²) >= 11 is 1.61. The van der Waals surface area contributed by atoms with Crippen molar-refractivity contribution in [3.63, 3.8) is 0 Å². The highest BCUT2D eigenvalue weighted by molar-refractivity contribution is 7.11. The third kappa shape index (κ3) is 3.52. The Balaban J connectivity index is 2.15. The number of nitrogens with two attached hydrogens (primary N) is 1. The van der Waals surface area contributed by atoms with Gasteiger partial charge in [0.05, 0.1) is 18.7 Å². The number of anilines is 1. The Labute approximate surface area is 128 Å². The minimum absolute atomic E-state index is 0.158. The fourth-order valence-corrected chi connectivity index (χ4v) is 2.78. The van der Waals surface area contributed by atoms with Crippen LogP contribution in [0.15, 0.2) is 24.4 Å². The zero-order chi connectivity index (χ0) is 15.4. The maximum Gasteiger partial charge on any atom is 0.255 e. The molecular formula is C15H19N3O2S. The molecule has 2 rings (SSSR count). The van der Waals surface area contributed by atoms with Crippen molar-refractivity contribution < 1.29 is 9.53 Å². The van der Waals surface area contributed by atoms with Crippen LogP contribution in [0.5, 0.6) is 5.75 Å². The first-order chi connectivity index (χ1) is 10.0. The van der Waals surface area contributed by atoms with Crippen molar-refractivity contribution in [3.8, 4) is 5.75 Å². The van der Waals surface area contributed by atoms with E-state index in [1.54, 1.807) is 29.5 Å². The van der Waals surface area contributed by atoms with Gasteiger partial charge in [-0.2, -0.15) is 0 Å². The van der Waals surface area contributed by atoms with E-state index in [1.807, 2.05) is 13.1 Å². The number of rotatable bonds is 5. The average molecular weight is 305 g/mol. The summed E-state index contributed by atoms with van der Waals surface area (Å²) in [7, 11) is 1.53. The average Bonchev–Trinajstić information content (AvgIpc) is 2.96. The van der Waals surface area contributed by atoms with Crippen LogP contribution >= 0.6 is 11.3 Å². The first-order valence-corrected chi connectivity index (χ1v) is 7.55. The van der Waals surface area contributed by atoms with Crippen molar-refractivity contribution in [2.75, 3.05) is 12.8 Å². The van der Waals surface area contributed by atoms with Crippen molar-refractivity contribution in [1.82, 2.24) is 10.3 Å². The Morgan fingerprint density at radius 1 is 1.52 bits per heavy atom. The van der Waals surface area contributed by atoms with Crippen LogP contribution in [-0.2, 0) is 6.42 Å². The first kappa shape index (κ1) is 15.3. The molecule has 0 aliphatic rings. The molecule has 0 aliphatic heterocycles. The van der Waals surface area contributed by atoms with E-state index in [-0.39, 0.29) is 11.9 Å². The molecule has 112 valence electrons. The summed E-state index contributed by atoms with van der Waals surface area (Å²) in [5, 5.41) is 3.82. The van der Waals surface area contributed by atoms with E-state index < -0.39 is 0 Å². The van der Waals surface area contributed by atoms with E-state index in [1.165, 1.54) is 12.0 Å². The summed E-state index contributed by atoms with van der Waals surface area (Å²) in [6.07, 6.45) is 2.80. The molecule has 0 fully saturated rings. The minimum Gasteiger partial charge on any atom is -0.496 e. The normalized spacial score (nSPS) is 12.0. The lowest BCUT2D eigenvalue weighted by atomic mass is 10.1. The van der Waals surface area contributed by atoms with Crippen molar-refractivity contribution in [3.05, 3.63) is 39.8 Å². The molecule has 0 saturated heterocycles. The molecular weight excluding hydrogens is 286 g/mol. The number of carbonyl (C=O) groups excluding carboxylic acids is 1. The van der Waals surface area contributed by atoms with Crippen molar-refractivity contribution in [1.29, 1.82) is 0 Å². The zero-order valence-electron chi connectivity index (χ0n) is 12.3. The van der Waals surface area contributed by atoms with Crippen LogP contribution in [0.3, 0.4) is 0 Å². The van der Waals surface area contributed by atoms with Gasteiger partial charge in [0.25, 0.3) is 5.91 Å². The number of nitrogen functional groups attached to an aromatic ring is 1. The van der Waals surface area contributed by atoms with Crippen molar-refractivity contribution in [2.24, 2.45) is 0 Å². The number of nitrogens with zero attached hydrogens (tertiary/aromatic N) is 1. The lowest BCUT2D eigenvalue weighted by molar-refractivity contribution is 0.0937. The topological polar surface area (TPSA) is 77.2 Å². The number of ether oxygens (including phenoxy) is 1. The molecule has 1 unspecified atom stereocenters. The molecule has 0 bridgehead atoms. The largest absolute Gasteiger partial charge is 0.496 e. The van der Waals surface area contributed by atoms with Gasteiger partial charge in [0.15, 0.2) is 0 Å². The Bertz CT molecular complexity index is 640. The monoisotopic (exact) mass is 305 g/mol. The SMILES string of the molecule is CCc1cnc(C(C)NC(=O)c2cc(N)ccc2OC)s1. The maximum atomic E-state index is 12.4. The molecule has 1 aromatic heterocycles. The smallest absolute Gasteiger partial charge is 0.255 e. The number of hydrogen-bond donors (Lipinski definition) is 2. The molecule has 1 amide bonds. The second kappa shape index (κ2) is 6.58. The van der Waals surface area contributed by atoms with Gasteiger partial charge in [0.2, 0.25) is 0 Å². The van der Waals surface area contributed by atoms with E-state index in [9.17, 15) is 4.79 Å². The highest BCUT2D eigenvalue weighted by atomic mass is 32.1. The van der Waals surface area contributed by atoms with Crippen molar-refractivity contribution in [2.45, 2.75) is 26.3 Å². The summed E-state index contributed by atoms with van der Waals surface area (Å²) in [5.41, 5.74) is 6.69. The van der Waals surface area contributed by atoms with Gasteiger partial charge in [-0.3, -0.25) is 4.79 Å². The number of aryl methyl sites for hydroxylation is 1. The molecule has 0 radical (unpaired) electrons. The molecule has 1 aromatic carbocycles. The molecule has 0 spiro atoms. The van der Waals surface area contributed by atoms with Crippen LogP contribution < -0.4 is 15.8 Å². The van der Waals surface area contributed by atoms with E-state index in [4.69, 9.17) is 10.5 Å². The molecule has 6 heteroatoms. The predicted molar refractivity (Wildman–Crippen MR) is 84.8 cm³/mol. The number of carbonyl (C=O) groups is 1. The first-order valence-electron chi connectivity index (χ1n) is 6.74. The van der Waals surface area contributed by atoms with E-state index >= 15 is 0 Å². The fraction of sp³-hybridized carbons (Fsp3) is 0.333. The third-order valence-corrected chi connectivity index (χ3v) is 4.43. The van der Waals surface area contributed by atoms with Gasteiger partial charge >= 0.3 is 0 Å². The van der Waals surface area contributed by atoms with Gasteiger partial charge < -0.3 is 15.8 Å². The second-order valence-corrected chi connectivity index (χ2v) is 5.82. The Kier molecular flexibility index (Phi) is 4.80. The number of thiazole rings is 1. The number of hydrogen-bond acceptors (Lipinski definition) is 5. The minimum atomic E-state index is -0.222. The Morgan fingerprint density at radius 3 is 2.90 bits per heavy atom. The van der Waals surface area contributed by atoms with E-state index in [0.29, 0.717) is 17.0 Å². The molecule has 21 heavy (non-hydrogen) atoms. The predicted octanol–water partition coefficient (Wildman–Crippen LogP) is 2.79. The zero-order valence-corrected chi connectivity index (χ0v) is 13.2. The molecule has 3 N–H and O–H groups in total. The highest BCUT2D eigenvalue weighted by Crippen LogP contribution is 2.24. The van der Waals surface area contributed by atoms with Gasteiger partial charge in [-0.1, -0.05) is 6.92 Å². The molecule has 2 aromatic rings. The van der Waals surface area contributed by atoms with Crippen LogP contribution in [0.25, 0.3) is 0 Å². The maximum absolute atomic E-state index is 12.4. The Morgan fingerprint density at radius 2 is 2.29 bits per heavy atom. The van der Waals surface area contributed by atoms with Crippen molar-refractivity contribution >= 4 is 22.9 Å². The van der Waals surface area contributed by atoms with E-state index in [0.717, 1.165) is 11.4 Å².